The molecule has 58 heavy (non-hydrogen) atoms. The SMILES string of the molecule is CCCCCCc1cc(-c2cc(-c3ccccn3)nc(-c3ccccn3)c2)sc1-c1sc(-c2cc(-c3ccccn3)nc(-c3ccccn3)c2)cc1CCCCCC. The lowest BCUT2D eigenvalue weighted by molar-refractivity contribution is 0.666. The molecule has 8 heteroatoms. The van der Waals surface area contributed by atoms with Crippen molar-refractivity contribution in [2.45, 2.75) is 78.1 Å². The molecule has 0 aliphatic rings. The topological polar surface area (TPSA) is 77.3 Å². The number of thiophene rings is 2. The average molecular weight is 797 g/mol. The Morgan fingerprint density at radius 3 is 1.02 bits per heavy atom. The third-order valence-electron chi connectivity index (χ3n) is 10.4. The number of pyridine rings is 6. The van der Waals surface area contributed by atoms with Gasteiger partial charge in [-0.25, -0.2) is 9.97 Å². The average Bonchev–Trinajstić information content (AvgIpc) is 3.92. The van der Waals surface area contributed by atoms with Crippen LogP contribution in [0.4, 0.5) is 0 Å². The molecular formula is C50H48N6S2. The predicted molar refractivity (Wildman–Crippen MR) is 243 cm³/mol. The summed E-state index contributed by atoms with van der Waals surface area (Å²) in [5.41, 5.74) is 11.9. The van der Waals surface area contributed by atoms with E-state index in [0.717, 1.165) is 69.5 Å². The molecule has 0 atom stereocenters. The molecule has 0 amide bonds. The molecule has 8 heterocycles. The minimum Gasteiger partial charge on any atom is -0.255 e. The molecule has 0 aliphatic carbocycles. The van der Waals surface area contributed by atoms with Crippen LogP contribution in [0.2, 0.25) is 0 Å². The second-order valence-corrected chi connectivity index (χ2v) is 16.8. The zero-order chi connectivity index (χ0) is 39.5. The molecule has 6 nitrogen and oxygen atoms in total. The Hall–Kier alpha value is -5.70. The fourth-order valence-corrected chi connectivity index (χ4v) is 9.91. The molecule has 0 aromatic carbocycles. The van der Waals surface area contributed by atoms with Crippen molar-refractivity contribution in [1.82, 2.24) is 29.9 Å². The summed E-state index contributed by atoms with van der Waals surface area (Å²) in [4.78, 5) is 34.2. The third-order valence-corrected chi connectivity index (χ3v) is 13.0. The summed E-state index contributed by atoms with van der Waals surface area (Å²) in [6, 6.07) is 37.7. The van der Waals surface area contributed by atoms with Crippen LogP contribution in [-0.2, 0) is 12.8 Å². The summed E-state index contributed by atoms with van der Waals surface area (Å²) < 4.78 is 0. The molecule has 0 unspecified atom stereocenters. The Balaban J connectivity index is 1.27. The van der Waals surface area contributed by atoms with Crippen molar-refractivity contribution < 1.29 is 0 Å². The van der Waals surface area contributed by atoms with Crippen molar-refractivity contribution in [1.29, 1.82) is 0 Å². The van der Waals surface area contributed by atoms with Gasteiger partial charge in [-0.3, -0.25) is 19.9 Å². The van der Waals surface area contributed by atoms with Gasteiger partial charge in [0.25, 0.3) is 0 Å². The van der Waals surface area contributed by atoms with Gasteiger partial charge in [0.05, 0.1) is 45.6 Å². The first-order chi connectivity index (χ1) is 28.7. The lowest BCUT2D eigenvalue weighted by Crippen LogP contribution is -1.93. The van der Waals surface area contributed by atoms with Crippen LogP contribution in [0.5, 0.6) is 0 Å². The lowest BCUT2D eigenvalue weighted by atomic mass is 10.0. The molecule has 8 rings (SSSR count). The molecule has 0 aliphatic heterocycles. The Kier molecular flexibility index (Phi) is 12.9. The van der Waals surface area contributed by atoms with Gasteiger partial charge < -0.3 is 0 Å². The van der Waals surface area contributed by atoms with Gasteiger partial charge >= 0.3 is 0 Å². The Morgan fingerprint density at radius 2 is 0.724 bits per heavy atom. The molecule has 0 spiro atoms. The van der Waals surface area contributed by atoms with E-state index < -0.39 is 0 Å². The molecule has 0 saturated heterocycles. The standard InChI is InChI=1S/C50H48N6S2/c1-3-5-7-9-19-35-33-47(37-29-43(39-21-11-15-25-51-39)55-44(30-37)40-22-12-16-26-52-40)57-49(35)50-36(20-10-8-6-4-2)34-48(58-50)38-31-45(41-23-13-17-27-53-41)56-46(32-38)42-24-14-18-28-54-42/h11-18,21-34H,3-10,19-20H2,1-2H3. The van der Waals surface area contributed by atoms with Crippen molar-refractivity contribution in [3.05, 3.63) is 145 Å². The van der Waals surface area contributed by atoms with E-state index in [9.17, 15) is 0 Å². The van der Waals surface area contributed by atoms with Crippen molar-refractivity contribution in [3.63, 3.8) is 0 Å². The maximum atomic E-state index is 5.08. The van der Waals surface area contributed by atoms with Crippen molar-refractivity contribution in [3.8, 4) is 76.2 Å². The minimum absolute atomic E-state index is 0.846. The molecule has 0 fully saturated rings. The summed E-state index contributed by atoms with van der Waals surface area (Å²) in [7, 11) is 0. The van der Waals surface area contributed by atoms with E-state index in [1.54, 1.807) is 0 Å². The van der Waals surface area contributed by atoms with Gasteiger partial charge in [-0.05, 0) is 133 Å². The molecular weight excluding hydrogens is 749 g/mol. The number of rotatable bonds is 17. The van der Waals surface area contributed by atoms with Gasteiger partial charge in [0.1, 0.15) is 0 Å². The largest absolute Gasteiger partial charge is 0.255 e. The molecule has 0 bridgehead atoms. The van der Waals surface area contributed by atoms with Gasteiger partial charge in [0.2, 0.25) is 0 Å². The van der Waals surface area contributed by atoms with Crippen molar-refractivity contribution >= 4 is 22.7 Å². The number of unbranched alkanes of at least 4 members (excludes halogenated alkanes) is 6. The number of hydrogen-bond donors (Lipinski definition) is 0. The highest BCUT2D eigenvalue weighted by molar-refractivity contribution is 7.25. The first-order valence-corrected chi connectivity index (χ1v) is 22.3. The van der Waals surface area contributed by atoms with Crippen molar-refractivity contribution in [2.75, 3.05) is 0 Å². The van der Waals surface area contributed by atoms with Crippen LogP contribution in [0.25, 0.3) is 76.2 Å². The van der Waals surface area contributed by atoms with E-state index in [2.05, 4.69) is 50.2 Å². The summed E-state index contributed by atoms with van der Waals surface area (Å²) in [6.07, 6.45) is 19.2. The van der Waals surface area contributed by atoms with Crippen LogP contribution in [0.3, 0.4) is 0 Å². The Bertz CT molecular complexity index is 2240. The van der Waals surface area contributed by atoms with Gasteiger partial charge in [-0.2, -0.15) is 0 Å². The maximum absolute atomic E-state index is 5.08. The first-order valence-electron chi connectivity index (χ1n) is 20.6. The normalized spacial score (nSPS) is 11.3. The quantitative estimate of drug-likeness (QED) is 0.0854. The molecule has 0 saturated carbocycles. The fourth-order valence-electron chi connectivity index (χ4n) is 7.31. The minimum atomic E-state index is 0.846. The van der Waals surface area contributed by atoms with E-state index in [4.69, 9.17) is 29.9 Å². The van der Waals surface area contributed by atoms with Crippen LogP contribution < -0.4 is 0 Å². The van der Waals surface area contributed by atoms with Crippen LogP contribution in [0.1, 0.15) is 76.3 Å². The highest BCUT2D eigenvalue weighted by Gasteiger charge is 2.22. The summed E-state index contributed by atoms with van der Waals surface area (Å²) >= 11 is 3.83. The summed E-state index contributed by atoms with van der Waals surface area (Å²) in [5, 5.41) is 0. The Morgan fingerprint density at radius 1 is 0.379 bits per heavy atom. The molecule has 8 aromatic heterocycles. The molecule has 0 radical (unpaired) electrons. The van der Waals surface area contributed by atoms with E-state index in [1.165, 1.54) is 82.0 Å². The van der Waals surface area contributed by atoms with E-state index in [-0.39, 0.29) is 0 Å². The fraction of sp³-hybridized carbons (Fsp3) is 0.240. The monoisotopic (exact) mass is 796 g/mol. The Labute approximate surface area is 350 Å². The van der Waals surface area contributed by atoms with Crippen LogP contribution in [0.15, 0.2) is 134 Å². The van der Waals surface area contributed by atoms with Gasteiger partial charge in [0, 0.05) is 44.3 Å². The lowest BCUT2D eigenvalue weighted by Gasteiger charge is -2.08. The van der Waals surface area contributed by atoms with Crippen LogP contribution in [-0.4, -0.2) is 29.9 Å². The summed E-state index contributed by atoms with van der Waals surface area (Å²) in [5.74, 6) is 0. The zero-order valence-electron chi connectivity index (χ0n) is 33.3. The van der Waals surface area contributed by atoms with E-state index >= 15 is 0 Å². The van der Waals surface area contributed by atoms with Gasteiger partial charge in [-0.1, -0.05) is 76.6 Å². The van der Waals surface area contributed by atoms with E-state index in [1.807, 2.05) is 120 Å². The predicted octanol–water partition coefficient (Wildman–Crippen LogP) is 14.1. The number of aromatic nitrogens is 6. The van der Waals surface area contributed by atoms with E-state index in [0.29, 0.717) is 0 Å². The maximum Gasteiger partial charge on any atom is 0.0900 e. The molecule has 0 N–H and O–H groups in total. The third kappa shape index (κ3) is 9.36. The van der Waals surface area contributed by atoms with Gasteiger partial charge in [-0.15, -0.1) is 22.7 Å². The zero-order valence-corrected chi connectivity index (χ0v) is 34.9. The number of aryl methyl sites for hydroxylation is 2. The smallest absolute Gasteiger partial charge is 0.0900 e. The highest BCUT2D eigenvalue weighted by Crippen LogP contribution is 2.47. The van der Waals surface area contributed by atoms with Crippen LogP contribution >= 0.6 is 22.7 Å². The summed E-state index contributed by atoms with van der Waals surface area (Å²) in [6.45, 7) is 4.57. The second kappa shape index (κ2) is 19.2. The van der Waals surface area contributed by atoms with Gasteiger partial charge in [0.15, 0.2) is 0 Å². The highest BCUT2D eigenvalue weighted by atomic mass is 32.1. The molecule has 290 valence electrons. The second-order valence-electron chi connectivity index (χ2n) is 14.7. The van der Waals surface area contributed by atoms with Crippen molar-refractivity contribution in [2.24, 2.45) is 0 Å². The number of nitrogens with zero attached hydrogens (tertiary/aromatic N) is 6. The first kappa shape index (κ1) is 39.1. The number of hydrogen-bond acceptors (Lipinski definition) is 8. The molecule has 8 aromatic rings. The van der Waals surface area contributed by atoms with Crippen LogP contribution in [0, 0.1) is 0 Å².